The zero-order valence-electron chi connectivity index (χ0n) is 17.6. The Labute approximate surface area is 178 Å². The predicted molar refractivity (Wildman–Crippen MR) is 113 cm³/mol. The van der Waals surface area contributed by atoms with E-state index in [4.69, 9.17) is 4.74 Å². The van der Waals surface area contributed by atoms with Crippen molar-refractivity contribution in [3.05, 3.63) is 35.9 Å². The maximum absolute atomic E-state index is 12.4. The maximum Gasteiger partial charge on any atom is 0.410 e. The molecule has 1 atom stereocenters. The summed E-state index contributed by atoms with van der Waals surface area (Å²) in [7, 11) is 0. The summed E-state index contributed by atoms with van der Waals surface area (Å²) in [5, 5.41) is 13.2. The largest absolute Gasteiger partial charge is 0.465 e. The van der Waals surface area contributed by atoms with E-state index in [1.807, 2.05) is 30.3 Å². The van der Waals surface area contributed by atoms with E-state index in [9.17, 15) is 14.7 Å². The van der Waals surface area contributed by atoms with Crippen molar-refractivity contribution in [2.24, 2.45) is 11.3 Å². The van der Waals surface area contributed by atoms with E-state index in [1.165, 1.54) is 0 Å². The van der Waals surface area contributed by atoms with Crippen molar-refractivity contribution < 1.29 is 19.4 Å². The van der Waals surface area contributed by atoms with E-state index < -0.39 is 6.09 Å². The highest BCUT2D eigenvalue weighted by Crippen LogP contribution is 2.47. The zero-order valence-corrected chi connectivity index (χ0v) is 17.6. The van der Waals surface area contributed by atoms with Crippen molar-refractivity contribution in [3.8, 4) is 0 Å². The quantitative estimate of drug-likeness (QED) is 0.786. The number of piperidine rings is 2. The summed E-state index contributed by atoms with van der Waals surface area (Å²) in [6.07, 6.45) is 4.82. The van der Waals surface area contributed by atoms with Crippen LogP contribution in [-0.2, 0) is 11.3 Å². The molecule has 3 heterocycles. The molecule has 7 nitrogen and oxygen atoms in total. The maximum atomic E-state index is 12.4. The van der Waals surface area contributed by atoms with E-state index in [1.54, 1.807) is 9.80 Å². The third-order valence-corrected chi connectivity index (χ3v) is 7.41. The van der Waals surface area contributed by atoms with Crippen molar-refractivity contribution in [1.82, 2.24) is 15.1 Å². The first-order valence-corrected chi connectivity index (χ1v) is 11.2. The molecule has 1 aromatic rings. The second-order valence-corrected chi connectivity index (χ2v) is 9.06. The third kappa shape index (κ3) is 4.56. The minimum absolute atomic E-state index is 0.110. The van der Waals surface area contributed by atoms with E-state index in [0.29, 0.717) is 32.2 Å². The van der Waals surface area contributed by atoms with Crippen LogP contribution in [0.1, 0.15) is 44.1 Å². The number of carbonyl (C=O) groups is 2. The van der Waals surface area contributed by atoms with Crippen LogP contribution >= 0.6 is 0 Å². The molecule has 1 spiro atoms. The molecule has 3 saturated heterocycles. The summed E-state index contributed by atoms with van der Waals surface area (Å²) >= 11 is 0. The molecular weight excluding hydrogens is 382 g/mol. The lowest BCUT2D eigenvalue weighted by Gasteiger charge is -2.43. The first-order chi connectivity index (χ1) is 14.6. The number of carbonyl (C=O) groups excluding carboxylic acids is 1. The van der Waals surface area contributed by atoms with Crippen LogP contribution in [0.15, 0.2) is 30.3 Å². The van der Waals surface area contributed by atoms with Gasteiger partial charge in [-0.2, -0.15) is 0 Å². The van der Waals surface area contributed by atoms with Crippen molar-refractivity contribution in [1.29, 1.82) is 0 Å². The molecule has 3 aliphatic heterocycles. The molecule has 0 aliphatic carbocycles. The van der Waals surface area contributed by atoms with Crippen LogP contribution in [0, 0.1) is 11.3 Å². The fourth-order valence-electron chi connectivity index (χ4n) is 5.59. The van der Waals surface area contributed by atoms with Gasteiger partial charge in [-0.3, -0.25) is 0 Å². The molecule has 0 radical (unpaired) electrons. The van der Waals surface area contributed by atoms with Crippen molar-refractivity contribution >= 4 is 12.2 Å². The lowest BCUT2D eigenvalue weighted by molar-refractivity contribution is 0.0613. The first kappa shape index (κ1) is 21.0. The number of hydrogen-bond donors (Lipinski definition) is 2. The number of ether oxygens (including phenoxy) is 1. The van der Waals surface area contributed by atoms with E-state index >= 15 is 0 Å². The highest BCUT2D eigenvalue weighted by Gasteiger charge is 2.49. The van der Waals surface area contributed by atoms with Crippen LogP contribution < -0.4 is 5.32 Å². The predicted octanol–water partition coefficient (Wildman–Crippen LogP) is 3.55. The first-order valence-electron chi connectivity index (χ1n) is 11.2. The van der Waals surface area contributed by atoms with Gasteiger partial charge < -0.3 is 25.0 Å². The van der Waals surface area contributed by atoms with Crippen molar-refractivity contribution in [2.75, 3.05) is 32.7 Å². The Bertz CT molecular complexity index is 727. The van der Waals surface area contributed by atoms with Crippen LogP contribution in [0.4, 0.5) is 9.59 Å². The highest BCUT2D eigenvalue weighted by atomic mass is 16.6. The third-order valence-electron chi connectivity index (χ3n) is 7.41. The summed E-state index contributed by atoms with van der Waals surface area (Å²) in [6.45, 7) is 4.29. The van der Waals surface area contributed by atoms with Gasteiger partial charge in [0, 0.05) is 25.7 Å². The number of nitrogens with one attached hydrogen (secondary N) is 1. The average Bonchev–Trinajstić information content (AvgIpc) is 3.11. The summed E-state index contributed by atoms with van der Waals surface area (Å²) < 4.78 is 5.47. The fraction of sp³-hybridized carbons (Fsp3) is 0.652. The molecule has 2 N–H and O–H groups in total. The number of amides is 2. The van der Waals surface area contributed by atoms with Crippen LogP contribution in [0.3, 0.4) is 0 Å². The Morgan fingerprint density at radius 3 is 2.43 bits per heavy atom. The van der Waals surface area contributed by atoms with Crippen LogP contribution in [0.25, 0.3) is 0 Å². The minimum atomic E-state index is -0.780. The lowest BCUT2D eigenvalue weighted by Crippen LogP contribution is -2.49. The van der Waals surface area contributed by atoms with Gasteiger partial charge in [-0.15, -0.1) is 0 Å². The zero-order chi connectivity index (χ0) is 21.0. The molecule has 3 fully saturated rings. The van der Waals surface area contributed by atoms with E-state index in [-0.39, 0.29) is 17.6 Å². The Morgan fingerprint density at radius 1 is 1.07 bits per heavy atom. The summed E-state index contributed by atoms with van der Waals surface area (Å²) in [5.74, 6) is 0.458. The smallest absolute Gasteiger partial charge is 0.410 e. The van der Waals surface area contributed by atoms with E-state index in [0.717, 1.165) is 57.2 Å². The standard InChI is InChI=1S/C23H33N3O4/c27-21(28)26-15-10-23(8-11-24-12-9-23)20(26)16-18-6-13-25(14-7-18)22(29)30-17-19-4-2-1-3-5-19/h1-5,18,20,24H,6-17H2,(H,27,28). The molecule has 0 bridgehead atoms. The normalized spacial score (nSPS) is 24.2. The second kappa shape index (κ2) is 9.25. The molecule has 30 heavy (non-hydrogen) atoms. The van der Waals surface area contributed by atoms with Gasteiger partial charge in [0.05, 0.1) is 0 Å². The molecule has 3 aliphatic rings. The SMILES string of the molecule is O=C(OCc1ccccc1)N1CCC(CC2N(C(=O)O)CCC23CCNCC3)CC1. The number of nitrogens with zero attached hydrogens (tertiary/aromatic N) is 2. The Hall–Kier alpha value is -2.28. The number of likely N-dealkylation sites (tertiary alicyclic amines) is 2. The van der Waals surface area contributed by atoms with Crippen molar-refractivity contribution in [2.45, 2.75) is 51.2 Å². The highest BCUT2D eigenvalue weighted by molar-refractivity contribution is 5.67. The van der Waals surface area contributed by atoms with Gasteiger partial charge in [0.2, 0.25) is 0 Å². The van der Waals surface area contributed by atoms with Crippen molar-refractivity contribution in [3.63, 3.8) is 0 Å². The van der Waals surface area contributed by atoms with Crippen LogP contribution in [0.5, 0.6) is 0 Å². The summed E-state index contributed by atoms with van der Waals surface area (Å²) in [5.41, 5.74) is 1.12. The number of rotatable bonds is 4. The molecule has 2 amide bonds. The number of carboxylic acid groups (broad SMARTS) is 1. The lowest BCUT2D eigenvalue weighted by atomic mass is 9.69. The number of hydrogen-bond acceptors (Lipinski definition) is 4. The molecule has 1 aromatic carbocycles. The molecule has 0 saturated carbocycles. The van der Waals surface area contributed by atoms with Gasteiger partial charge in [-0.1, -0.05) is 30.3 Å². The second-order valence-electron chi connectivity index (χ2n) is 9.06. The average molecular weight is 416 g/mol. The molecule has 164 valence electrons. The number of benzene rings is 1. The minimum Gasteiger partial charge on any atom is -0.465 e. The molecule has 0 aromatic heterocycles. The monoisotopic (exact) mass is 415 g/mol. The van der Waals surface area contributed by atoms with Gasteiger partial charge in [0.1, 0.15) is 6.61 Å². The molecule has 1 unspecified atom stereocenters. The molecule has 7 heteroatoms. The van der Waals surface area contributed by atoms with Crippen LogP contribution in [-0.4, -0.2) is 65.9 Å². The Morgan fingerprint density at radius 2 is 1.77 bits per heavy atom. The van der Waals surface area contributed by atoms with Gasteiger partial charge in [-0.25, -0.2) is 9.59 Å². The Balaban J connectivity index is 1.30. The Kier molecular flexibility index (Phi) is 6.46. The summed E-state index contributed by atoms with van der Waals surface area (Å²) in [6, 6.07) is 9.83. The molecular formula is C23H33N3O4. The van der Waals surface area contributed by atoms with Crippen LogP contribution in [0.2, 0.25) is 0 Å². The van der Waals surface area contributed by atoms with Gasteiger partial charge >= 0.3 is 12.2 Å². The van der Waals surface area contributed by atoms with E-state index in [2.05, 4.69) is 5.32 Å². The van der Waals surface area contributed by atoms with Gasteiger partial charge in [-0.05, 0) is 68.5 Å². The van der Waals surface area contributed by atoms with Gasteiger partial charge in [0.25, 0.3) is 0 Å². The fourth-order valence-corrected chi connectivity index (χ4v) is 5.59. The molecule has 4 rings (SSSR count). The van der Waals surface area contributed by atoms with Gasteiger partial charge in [0.15, 0.2) is 0 Å². The summed E-state index contributed by atoms with van der Waals surface area (Å²) in [4.78, 5) is 27.8. The topological polar surface area (TPSA) is 82.1 Å².